The highest BCUT2D eigenvalue weighted by Crippen LogP contribution is 2.61. The Labute approximate surface area is 340 Å². The maximum Gasteiger partial charge on any atom is 0.0165 e. The van der Waals surface area contributed by atoms with E-state index in [1.165, 1.54) is 121 Å². The van der Waals surface area contributed by atoms with Crippen LogP contribution in [0.2, 0.25) is 0 Å². The Morgan fingerprint density at radius 3 is 1.28 bits per heavy atom. The van der Waals surface area contributed by atoms with Gasteiger partial charge in [0.1, 0.15) is 0 Å². The highest BCUT2D eigenvalue weighted by atomic mass is 14.5. The monoisotopic (exact) mass is 738 g/mol. The average Bonchev–Trinajstić information content (AvgIpc) is 3.64. The van der Waals surface area contributed by atoms with Crippen LogP contribution in [0.15, 0.2) is 182 Å². The lowest BCUT2D eigenvalue weighted by molar-refractivity contribution is 0.653. The van der Waals surface area contributed by atoms with E-state index < -0.39 is 0 Å². The van der Waals surface area contributed by atoms with Crippen molar-refractivity contribution in [3.8, 4) is 55.6 Å². The van der Waals surface area contributed by atoms with Crippen LogP contribution in [-0.2, 0) is 10.8 Å². The second kappa shape index (κ2) is 11.9. The summed E-state index contributed by atoms with van der Waals surface area (Å²) in [7, 11) is 0. The van der Waals surface area contributed by atoms with Crippen molar-refractivity contribution in [2.45, 2.75) is 38.5 Å². The molecule has 0 aromatic heterocycles. The zero-order chi connectivity index (χ0) is 38.9. The van der Waals surface area contributed by atoms with Crippen LogP contribution in [-0.4, -0.2) is 0 Å². The van der Waals surface area contributed by atoms with Gasteiger partial charge in [-0.25, -0.2) is 0 Å². The van der Waals surface area contributed by atoms with Gasteiger partial charge in [-0.1, -0.05) is 204 Å². The Morgan fingerprint density at radius 1 is 0.259 bits per heavy atom. The van der Waals surface area contributed by atoms with Gasteiger partial charge < -0.3 is 0 Å². The van der Waals surface area contributed by atoms with Crippen LogP contribution in [0.1, 0.15) is 49.9 Å². The summed E-state index contributed by atoms with van der Waals surface area (Å²) < 4.78 is 0. The van der Waals surface area contributed by atoms with Crippen LogP contribution in [0.4, 0.5) is 0 Å². The lowest BCUT2D eigenvalue weighted by Gasteiger charge is -2.29. The Balaban J connectivity index is 1.19. The Morgan fingerprint density at radius 2 is 0.672 bits per heavy atom. The van der Waals surface area contributed by atoms with Gasteiger partial charge in [-0.3, -0.25) is 0 Å². The molecule has 10 aromatic rings. The molecule has 0 saturated heterocycles. The number of rotatable bonds is 3. The highest BCUT2D eigenvalue weighted by molar-refractivity contribution is 6.26. The van der Waals surface area contributed by atoms with Gasteiger partial charge in [0.05, 0.1) is 0 Å². The van der Waals surface area contributed by atoms with Crippen LogP contribution in [0.25, 0.3) is 98.7 Å². The Bertz CT molecular complexity index is 3330. The molecule has 10 aromatic carbocycles. The van der Waals surface area contributed by atoms with Crippen LogP contribution >= 0.6 is 0 Å². The smallest absolute Gasteiger partial charge is 0.0165 e. The van der Waals surface area contributed by atoms with Gasteiger partial charge in [-0.15, -0.1) is 0 Å². The number of hydrogen-bond acceptors (Lipinski definition) is 0. The molecule has 0 spiro atoms. The first kappa shape index (κ1) is 33.4. The summed E-state index contributed by atoms with van der Waals surface area (Å²) in [5.41, 5.74) is 18.7. The second-order valence-corrected chi connectivity index (χ2v) is 17.5. The van der Waals surface area contributed by atoms with E-state index in [4.69, 9.17) is 0 Å². The molecule has 2 aliphatic carbocycles. The fraction of sp³-hybridized carbons (Fsp3) is 0.103. The van der Waals surface area contributed by atoms with Gasteiger partial charge in [0.15, 0.2) is 0 Å². The third-order valence-corrected chi connectivity index (χ3v) is 13.8. The molecule has 0 bridgehead atoms. The minimum atomic E-state index is -0.179. The molecule has 0 aliphatic heterocycles. The molecule has 58 heavy (non-hydrogen) atoms. The molecule has 0 N–H and O–H groups in total. The summed E-state index contributed by atoms with van der Waals surface area (Å²) in [6.45, 7) is 9.70. The van der Waals surface area contributed by atoms with E-state index in [2.05, 4.69) is 210 Å². The minimum absolute atomic E-state index is 0.128. The van der Waals surface area contributed by atoms with Gasteiger partial charge in [0.2, 0.25) is 0 Å². The largest absolute Gasteiger partial charge is 0.0619 e. The van der Waals surface area contributed by atoms with E-state index in [0.717, 1.165) is 0 Å². The lowest BCUT2D eigenvalue weighted by atomic mass is 9.74. The SMILES string of the molecule is CC1(C)c2ccccc2-c2c1cc1c(c2-c2ccc(-c3c4ccccc4c(-c4cccc5ccccc45)c4ccccc34)c3ccccc23)C(C)(C)c2ccccc2-1. The molecule has 0 unspecified atom stereocenters. The second-order valence-electron chi connectivity index (χ2n) is 17.5. The molecule has 0 nitrogen and oxygen atoms in total. The number of fused-ring (bicyclic) bond motifs is 10. The van der Waals surface area contributed by atoms with Crippen LogP contribution in [0.3, 0.4) is 0 Å². The quantitative estimate of drug-likeness (QED) is 0.158. The first-order valence-electron chi connectivity index (χ1n) is 20.7. The lowest BCUT2D eigenvalue weighted by Crippen LogP contribution is -2.18. The van der Waals surface area contributed by atoms with Crippen molar-refractivity contribution in [2.24, 2.45) is 0 Å². The normalized spacial score (nSPS) is 14.5. The topological polar surface area (TPSA) is 0 Å². The summed E-state index contributed by atoms with van der Waals surface area (Å²) in [4.78, 5) is 0. The number of hydrogen-bond donors (Lipinski definition) is 0. The Hall–Kier alpha value is -6.76. The molecule has 2 aliphatic rings. The molecule has 0 fully saturated rings. The summed E-state index contributed by atoms with van der Waals surface area (Å²) in [6.07, 6.45) is 0. The molecular formula is C58H42. The van der Waals surface area contributed by atoms with E-state index in [0.29, 0.717) is 0 Å². The summed E-state index contributed by atoms with van der Waals surface area (Å²) >= 11 is 0. The van der Waals surface area contributed by atoms with E-state index >= 15 is 0 Å². The molecule has 0 radical (unpaired) electrons. The number of benzene rings is 10. The molecular weight excluding hydrogens is 697 g/mol. The minimum Gasteiger partial charge on any atom is -0.0619 e. The van der Waals surface area contributed by atoms with Crippen molar-refractivity contribution in [2.75, 3.05) is 0 Å². The molecule has 0 saturated carbocycles. The van der Waals surface area contributed by atoms with Crippen LogP contribution in [0.5, 0.6) is 0 Å². The predicted octanol–water partition coefficient (Wildman–Crippen LogP) is 15.9. The molecule has 0 heterocycles. The van der Waals surface area contributed by atoms with Gasteiger partial charge in [-0.05, 0) is 127 Å². The summed E-state index contributed by atoms with van der Waals surface area (Å²) in [5, 5.41) is 10.2. The predicted molar refractivity (Wildman–Crippen MR) is 248 cm³/mol. The fourth-order valence-electron chi connectivity index (χ4n) is 11.3. The van der Waals surface area contributed by atoms with Gasteiger partial charge in [-0.2, -0.15) is 0 Å². The summed E-state index contributed by atoms with van der Waals surface area (Å²) in [6, 6.07) is 68.6. The molecule has 0 atom stereocenters. The average molecular weight is 739 g/mol. The van der Waals surface area contributed by atoms with Gasteiger partial charge in [0.25, 0.3) is 0 Å². The van der Waals surface area contributed by atoms with Crippen molar-refractivity contribution in [3.05, 3.63) is 204 Å². The van der Waals surface area contributed by atoms with E-state index in [9.17, 15) is 0 Å². The first-order chi connectivity index (χ1) is 28.3. The van der Waals surface area contributed by atoms with E-state index in [1.807, 2.05) is 0 Å². The van der Waals surface area contributed by atoms with Crippen molar-refractivity contribution in [1.82, 2.24) is 0 Å². The first-order valence-corrected chi connectivity index (χ1v) is 20.7. The van der Waals surface area contributed by atoms with Crippen LogP contribution in [0, 0.1) is 0 Å². The third kappa shape index (κ3) is 4.35. The maximum absolute atomic E-state index is 2.55. The Kier molecular flexibility index (Phi) is 6.84. The van der Waals surface area contributed by atoms with Crippen molar-refractivity contribution in [3.63, 3.8) is 0 Å². The third-order valence-electron chi connectivity index (χ3n) is 13.8. The van der Waals surface area contributed by atoms with Gasteiger partial charge >= 0.3 is 0 Å². The standard InChI is InChI=1S/C58H42/c1-57(2)50-31-16-14-28-47(50)54-51(57)34-48-39-23-13-15-30-49(39)58(3,4)56(48)55(54)46-33-32-45(37-21-7-8-22-38(37)46)53-43-26-11-9-24-41(43)52(42-25-10-12-27-44(42)53)40-29-17-19-35-18-5-6-20-36(35)40/h5-34H,1-4H3. The van der Waals surface area contributed by atoms with Crippen molar-refractivity contribution >= 4 is 43.1 Å². The maximum atomic E-state index is 2.55. The highest BCUT2D eigenvalue weighted by Gasteiger charge is 2.44. The zero-order valence-electron chi connectivity index (χ0n) is 33.3. The van der Waals surface area contributed by atoms with Crippen LogP contribution < -0.4 is 0 Å². The summed E-state index contributed by atoms with van der Waals surface area (Å²) in [5.74, 6) is 0. The molecule has 0 heteroatoms. The zero-order valence-corrected chi connectivity index (χ0v) is 33.3. The van der Waals surface area contributed by atoms with Gasteiger partial charge in [0, 0.05) is 10.8 Å². The van der Waals surface area contributed by atoms with Crippen molar-refractivity contribution < 1.29 is 0 Å². The fourth-order valence-corrected chi connectivity index (χ4v) is 11.3. The van der Waals surface area contributed by atoms with E-state index in [1.54, 1.807) is 0 Å². The molecule has 274 valence electrons. The van der Waals surface area contributed by atoms with E-state index in [-0.39, 0.29) is 10.8 Å². The molecule has 0 amide bonds. The van der Waals surface area contributed by atoms with Crippen molar-refractivity contribution in [1.29, 1.82) is 0 Å². The molecule has 12 rings (SSSR count).